The second kappa shape index (κ2) is 9.27. The molecule has 1 aliphatic heterocycles. The number of aliphatic hydroxyl groups excluding tert-OH is 1. The second-order valence-corrected chi connectivity index (χ2v) is 8.54. The van der Waals surface area contributed by atoms with Crippen LogP contribution in [0.1, 0.15) is 42.6 Å². The van der Waals surface area contributed by atoms with Crippen LogP contribution in [0.5, 0.6) is 5.75 Å². The third-order valence-electron chi connectivity index (χ3n) is 5.72. The normalized spacial score (nSPS) is 17.5. The van der Waals surface area contributed by atoms with Gasteiger partial charge in [0.2, 0.25) is 0 Å². The molecular formula is C26H22ClFN2O4. The van der Waals surface area contributed by atoms with Crippen LogP contribution in [0.2, 0.25) is 5.02 Å². The first-order valence-electron chi connectivity index (χ1n) is 10.6. The summed E-state index contributed by atoms with van der Waals surface area (Å²) in [6.45, 7) is 3.96. The maximum Gasteiger partial charge on any atom is 0.300 e. The molecule has 0 saturated carbocycles. The number of Topliss-reactive ketones (excluding diaryl/α,β-unsaturated/α-hetero) is 1. The first kappa shape index (κ1) is 23.4. The van der Waals surface area contributed by atoms with Crippen molar-refractivity contribution in [3.05, 3.63) is 94.0 Å². The number of aromatic nitrogens is 1. The average molecular weight is 481 g/mol. The van der Waals surface area contributed by atoms with Crippen molar-refractivity contribution < 1.29 is 23.8 Å². The number of benzene rings is 2. The zero-order valence-electron chi connectivity index (χ0n) is 18.8. The molecule has 34 heavy (non-hydrogen) atoms. The van der Waals surface area contributed by atoms with Crippen LogP contribution >= 0.6 is 11.6 Å². The molecule has 0 bridgehead atoms. The van der Waals surface area contributed by atoms with Crippen molar-refractivity contribution in [3.63, 3.8) is 0 Å². The molecule has 1 aliphatic rings. The fourth-order valence-electron chi connectivity index (χ4n) is 4.04. The minimum Gasteiger partial charge on any atom is -0.507 e. The van der Waals surface area contributed by atoms with Gasteiger partial charge >= 0.3 is 0 Å². The van der Waals surface area contributed by atoms with E-state index < -0.39 is 23.5 Å². The predicted molar refractivity (Wildman–Crippen MR) is 128 cm³/mol. The lowest BCUT2D eigenvalue weighted by atomic mass is 9.94. The van der Waals surface area contributed by atoms with Gasteiger partial charge in [-0.1, -0.05) is 31.5 Å². The van der Waals surface area contributed by atoms with E-state index in [1.54, 1.807) is 43.5 Å². The molecule has 0 spiro atoms. The number of nitrogens with zero attached hydrogens (tertiary/aromatic N) is 2. The van der Waals surface area contributed by atoms with E-state index >= 15 is 0 Å². The third-order valence-corrected chi connectivity index (χ3v) is 6.01. The molecule has 0 aliphatic carbocycles. The van der Waals surface area contributed by atoms with Gasteiger partial charge in [-0.15, -0.1) is 0 Å². The van der Waals surface area contributed by atoms with Crippen LogP contribution in [0.15, 0.2) is 66.4 Å². The molecule has 2 heterocycles. The minimum absolute atomic E-state index is 0.0815. The molecule has 1 fully saturated rings. The molecule has 1 atom stereocenters. The number of methoxy groups -OCH3 is 1. The molecule has 0 radical (unpaired) electrons. The molecule has 3 aromatic rings. The molecule has 6 nitrogen and oxygen atoms in total. The van der Waals surface area contributed by atoms with Crippen molar-refractivity contribution in [3.8, 4) is 5.75 Å². The van der Waals surface area contributed by atoms with Crippen molar-refractivity contribution in [1.82, 2.24) is 4.98 Å². The van der Waals surface area contributed by atoms with Gasteiger partial charge in [0.1, 0.15) is 23.4 Å². The van der Waals surface area contributed by atoms with Crippen LogP contribution in [0.4, 0.5) is 10.1 Å². The van der Waals surface area contributed by atoms with E-state index in [0.717, 1.165) is 11.6 Å². The Morgan fingerprint density at radius 1 is 1.15 bits per heavy atom. The van der Waals surface area contributed by atoms with Crippen LogP contribution in [-0.2, 0) is 9.59 Å². The highest BCUT2D eigenvalue weighted by molar-refractivity contribution is 6.51. The zero-order chi connectivity index (χ0) is 24.6. The van der Waals surface area contributed by atoms with E-state index in [4.69, 9.17) is 16.3 Å². The lowest BCUT2D eigenvalue weighted by Gasteiger charge is -2.25. The number of ketones is 1. The first-order valence-corrected chi connectivity index (χ1v) is 11.0. The monoisotopic (exact) mass is 480 g/mol. The Morgan fingerprint density at radius 2 is 1.91 bits per heavy atom. The van der Waals surface area contributed by atoms with Crippen LogP contribution in [0.3, 0.4) is 0 Å². The Kier molecular flexibility index (Phi) is 6.39. The summed E-state index contributed by atoms with van der Waals surface area (Å²) in [5, 5.41) is 11.1. The van der Waals surface area contributed by atoms with Crippen molar-refractivity contribution in [1.29, 1.82) is 0 Å². The molecule has 4 rings (SSSR count). The minimum atomic E-state index is -1.03. The number of halogens is 2. The molecular weight excluding hydrogens is 459 g/mol. The Labute approximate surface area is 201 Å². The second-order valence-electron chi connectivity index (χ2n) is 8.13. The highest BCUT2D eigenvalue weighted by Gasteiger charge is 2.47. The van der Waals surface area contributed by atoms with Crippen LogP contribution in [0.25, 0.3) is 5.76 Å². The van der Waals surface area contributed by atoms with Crippen molar-refractivity contribution in [2.24, 2.45) is 0 Å². The fourth-order valence-corrected chi connectivity index (χ4v) is 4.21. The topological polar surface area (TPSA) is 79.7 Å². The van der Waals surface area contributed by atoms with Gasteiger partial charge in [0, 0.05) is 17.4 Å². The molecule has 2 aromatic carbocycles. The highest BCUT2D eigenvalue weighted by atomic mass is 35.5. The maximum atomic E-state index is 13.8. The number of ether oxygens (including phenoxy) is 1. The Hall–Kier alpha value is -3.71. The third kappa shape index (κ3) is 4.03. The SMILES string of the molecule is COc1ccc(/C(O)=C2/C(=O)C(=O)N(c3ccc(F)c(Cl)c3)C2c2ccccn2)cc1C(C)C. The van der Waals surface area contributed by atoms with E-state index in [9.17, 15) is 19.1 Å². The largest absolute Gasteiger partial charge is 0.507 e. The molecule has 1 unspecified atom stereocenters. The molecule has 1 N–H and O–H groups in total. The smallest absolute Gasteiger partial charge is 0.300 e. The fraction of sp³-hybridized carbons (Fsp3) is 0.192. The molecule has 1 amide bonds. The van der Waals surface area contributed by atoms with Gasteiger partial charge in [0.05, 0.1) is 23.4 Å². The summed E-state index contributed by atoms with van der Waals surface area (Å²) in [5.41, 5.74) is 1.65. The standard InChI is InChI=1S/C26H22ClFN2O4/c1-14(2)17-12-15(7-10-21(17)34-3)24(31)22-23(20-6-4-5-11-29-20)30(26(33)25(22)32)16-8-9-19(28)18(27)13-16/h4-14,23,31H,1-3H3/b24-22-. The quantitative estimate of drug-likeness (QED) is 0.291. The Bertz CT molecular complexity index is 1310. The lowest BCUT2D eigenvalue weighted by Crippen LogP contribution is -2.29. The van der Waals surface area contributed by atoms with Gasteiger partial charge < -0.3 is 9.84 Å². The van der Waals surface area contributed by atoms with Crippen LogP contribution in [0, 0.1) is 5.82 Å². The number of carbonyl (C=O) groups excluding carboxylic acids is 2. The summed E-state index contributed by atoms with van der Waals surface area (Å²) in [7, 11) is 1.56. The summed E-state index contributed by atoms with van der Waals surface area (Å²) in [6.07, 6.45) is 1.53. The molecule has 1 saturated heterocycles. The Balaban J connectivity index is 1.94. The van der Waals surface area contributed by atoms with Gasteiger partial charge in [-0.2, -0.15) is 0 Å². The number of hydrogen-bond acceptors (Lipinski definition) is 5. The summed E-state index contributed by atoms with van der Waals surface area (Å²) >= 11 is 5.95. The summed E-state index contributed by atoms with van der Waals surface area (Å²) in [6, 6.07) is 12.8. The van der Waals surface area contributed by atoms with Gasteiger partial charge in [-0.3, -0.25) is 19.5 Å². The number of aliphatic hydroxyl groups is 1. The maximum absolute atomic E-state index is 13.8. The van der Waals surface area contributed by atoms with Crippen molar-refractivity contribution >= 4 is 34.7 Å². The van der Waals surface area contributed by atoms with Crippen molar-refractivity contribution in [2.45, 2.75) is 25.8 Å². The summed E-state index contributed by atoms with van der Waals surface area (Å²) in [4.78, 5) is 31.9. The van der Waals surface area contributed by atoms with E-state index in [-0.39, 0.29) is 28.0 Å². The van der Waals surface area contributed by atoms with Crippen LogP contribution in [-0.4, -0.2) is 28.9 Å². The lowest BCUT2D eigenvalue weighted by molar-refractivity contribution is -0.132. The molecule has 8 heteroatoms. The number of anilines is 1. The van der Waals surface area contributed by atoms with Gasteiger partial charge in [0.25, 0.3) is 11.7 Å². The van der Waals surface area contributed by atoms with Gasteiger partial charge in [0.15, 0.2) is 0 Å². The van der Waals surface area contributed by atoms with E-state index in [1.165, 1.54) is 23.2 Å². The first-order chi connectivity index (χ1) is 16.2. The number of carbonyl (C=O) groups is 2. The summed E-state index contributed by atoms with van der Waals surface area (Å²) in [5.74, 6) is -2.02. The average Bonchev–Trinajstić information content (AvgIpc) is 3.11. The van der Waals surface area contributed by atoms with Crippen LogP contribution < -0.4 is 9.64 Å². The number of hydrogen-bond donors (Lipinski definition) is 1. The number of amides is 1. The van der Waals surface area contributed by atoms with E-state index in [2.05, 4.69) is 4.98 Å². The van der Waals surface area contributed by atoms with E-state index in [0.29, 0.717) is 17.0 Å². The van der Waals surface area contributed by atoms with Gasteiger partial charge in [-0.25, -0.2) is 4.39 Å². The van der Waals surface area contributed by atoms with Gasteiger partial charge in [-0.05, 0) is 60.0 Å². The number of pyridine rings is 1. The zero-order valence-corrected chi connectivity index (χ0v) is 19.5. The Morgan fingerprint density at radius 3 is 2.53 bits per heavy atom. The predicted octanol–water partition coefficient (Wildman–Crippen LogP) is 5.63. The number of rotatable bonds is 5. The highest BCUT2D eigenvalue weighted by Crippen LogP contribution is 2.42. The molecule has 174 valence electrons. The summed E-state index contributed by atoms with van der Waals surface area (Å²) < 4.78 is 19.2. The van der Waals surface area contributed by atoms with Crippen molar-refractivity contribution in [2.75, 3.05) is 12.0 Å². The van der Waals surface area contributed by atoms with E-state index in [1.807, 2.05) is 13.8 Å². The molecule has 1 aromatic heterocycles.